The first-order valence-corrected chi connectivity index (χ1v) is 9.16. The van der Waals surface area contributed by atoms with Crippen LogP contribution < -0.4 is 5.73 Å². The maximum absolute atomic E-state index is 13.1. The van der Waals surface area contributed by atoms with E-state index in [2.05, 4.69) is 4.98 Å². The van der Waals surface area contributed by atoms with Crippen molar-refractivity contribution >= 4 is 28.9 Å². The number of nitrogens with one attached hydrogen (secondary N) is 1. The van der Waals surface area contributed by atoms with Gasteiger partial charge in [0.15, 0.2) is 0 Å². The summed E-state index contributed by atoms with van der Waals surface area (Å²) in [5.74, 6) is -0.659. The lowest BCUT2D eigenvalue weighted by Gasteiger charge is -2.36. The van der Waals surface area contributed by atoms with Crippen molar-refractivity contribution in [3.05, 3.63) is 70.0 Å². The van der Waals surface area contributed by atoms with Gasteiger partial charge in [-0.3, -0.25) is 9.78 Å². The predicted octanol–water partition coefficient (Wildman–Crippen LogP) is 4.38. The quantitative estimate of drug-likeness (QED) is 0.753. The second-order valence-corrected chi connectivity index (χ2v) is 6.99. The lowest BCUT2D eigenvalue weighted by molar-refractivity contribution is -0.137. The number of aromatic nitrogens is 1. The van der Waals surface area contributed by atoms with Crippen molar-refractivity contribution < 1.29 is 18.0 Å². The molecule has 0 spiro atoms. The molecule has 152 valence electrons. The molecule has 1 aliphatic heterocycles. The number of piperidine rings is 1. The van der Waals surface area contributed by atoms with Crippen LogP contribution in [-0.2, 0) is 6.18 Å². The van der Waals surface area contributed by atoms with Gasteiger partial charge in [0.1, 0.15) is 0 Å². The number of hydrogen-bond acceptors (Lipinski definition) is 4. The van der Waals surface area contributed by atoms with E-state index in [1.54, 1.807) is 31.3 Å². The summed E-state index contributed by atoms with van der Waals surface area (Å²) in [5, 5.41) is 7.80. The van der Waals surface area contributed by atoms with E-state index >= 15 is 0 Å². The Hall–Kier alpha value is -2.87. The number of carbonyl (C=O) groups is 1. The topological polar surface area (TPSA) is 83.1 Å². The van der Waals surface area contributed by atoms with Gasteiger partial charge in [-0.05, 0) is 37.6 Å². The first-order chi connectivity index (χ1) is 13.6. The fraction of sp³-hybridized carbons (Fsp3) is 0.250. The molecule has 29 heavy (non-hydrogen) atoms. The average Bonchev–Trinajstić information content (AvgIpc) is 2.69. The van der Waals surface area contributed by atoms with Gasteiger partial charge in [-0.25, -0.2) is 0 Å². The molecule has 2 heterocycles. The van der Waals surface area contributed by atoms with Gasteiger partial charge in [0.2, 0.25) is 0 Å². The summed E-state index contributed by atoms with van der Waals surface area (Å²) < 4.78 is 39.3. The van der Waals surface area contributed by atoms with Crippen molar-refractivity contribution in [3.8, 4) is 0 Å². The Morgan fingerprint density at radius 2 is 2.00 bits per heavy atom. The van der Waals surface area contributed by atoms with E-state index in [4.69, 9.17) is 22.7 Å². The van der Waals surface area contributed by atoms with E-state index in [0.717, 1.165) is 12.1 Å². The summed E-state index contributed by atoms with van der Waals surface area (Å²) in [6, 6.07) is 7.79. The number of hydrogen-bond donors (Lipinski definition) is 2. The van der Waals surface area contributed by atoms with E-state index in [0.29, 0.717) is 17.0 Å². The van der Waals surface area contributed by atoms with Crippen LogP contribution in [0.25, 0.3) is 5.70 Å². The number of rotatable bonds is 2. The van der Waals surface area contributed by atoms with Crippen LogP contribution >= 0.6 is 11.6 Å². The number of nitrogens with zero attached hydrogens (tertiary/aromatic N) is 2. The number of carbonyl (C=O) groups excluding carboxylic acids is 1. The number of nitrogens with two attached hydrogens (primary N) is 1. The summed E-state index contributed by atoms with van der Waals surface area (Å²) >= 11 is 5.89. The van der Waals surface area contributed by atoms with Crippen LogP contribution in [0.1, 0.15) is 35.0 Å². The fourth-order valence-corrected chi connectivity index (χ4v) is 3.59. The minimum absolute atomic E-state index is 0.121. The maximum Gasteiger partial charge on any atom is 0.417 e. The first-order valence-electron chi connectivity index (χ1n) is 8.78. The molecule has 2 aromatic rings. The summed E-state index contributed by atoms with van der Waals surface area (Å²) in [7, 11) is 0. The second-order valence-electron chi connectivity index (χ2n) is 6.61. The molecule has 1 unspecified atom stereocenters. The molecule has 1 saturated heterocycles. The van der Waals surface area contributed by atoms with Crippen molar-refractivity contribution in [2.24, 2.45) is 5.73 Å². The van der Waals surface area contributed by atoms with E-state index < -0.39 is 28.7 Å². The molecule has 9 heteroatoms. The number of pyridine rings is 1. The highest BCUT2D eigenvalue weighted by molar-refractivity contribution is 6.34. The Balaban J connectivity index is 1.90. The third-order valence-corrected chi connectivity index (χ3v) is 5.28. The van der Waals surface area contributed by atoms with Gasteiger partial charge in [-0.1, -0.05) is 23.7 Å². The highest BCUT2D eigenvalue weighted by Gasteiger charge is 2.37. The predicted molar refractivity (Wildman–Crippen MR) is 105 cm³/mol. The number of benzene rings is 1. The third kappa shape index (κ3) is 3.98. The van der Waals surface area contributed by atoms with E-state index in [-0.39, 0.29) is 24.2 Å². The summed E-state index contributed by atoms with van der Waals surface area (Å²) in [4.78, 5) is 18.4. The van der Waals surface area contributed by atoms with Gasteiger partial charge in [-0.15, -0.1) is 0 Å². The molecule has 3 rings (SSSR count). The molecule has 5 nitrogen and oxygen atoms in total. The monoisotopic (exact) mass is 422 g/mol. The standard InChI is InChI=1S/C20H18ClF3N4O/c1-11-17(25)13(18(26)15-7-2-3-9-27-15)8-10-28(11)19(29)12-5-4-6-14(16(12)21)20(22,23)24/h2-7,9,11,25H,8,10,26H2,1H3/b18-13-,25-17?. The van der Waals surface area contributed by atoms with Crippen LogP contribution in [0.5, 0.6) is 0 Å². The largest absolute Gasteiger partial charge is 0.417 e. The molecule has 3 N–H and O–H groups in total. The van der Waals surface area contributed by atoms with E-state index in [9.17, 15) is 18.0 Å². The molecular formula is C20H18ClF3N4O. The molecule has 1 atom stereocenters. The highest BCUT2D eigenvalue weighted by Crippen LogP contribution is 2.37. The number of alkyl halides is 3. The molecule has 1 fully saturated rings. The van der Waals surface area contributed by atoms with Gasteiger partial charge in [0.25, 0.3) is 5.91 Å². The van der Waals surface area contributed by atoms with Crippen LogP contribution in [0.3, 0.4) is 0 Å². The van der Waals surface area contributed by atoms with Gasteiger partial charge < -0.3 is 16.0 Å². The molecule has 0 aliphatic carbocycles. The van der Waals surface area contributed by atoms with Crippen molar-refractivity contribution in [1.82, 2.24) is 9.88 Å². The maximum atomic E-state index is 13.1. The number of likely N-dealkylation sites (tertiary alicyclic amines) is 1. The Morgan fingerprint density at radius 3 is 2.62 bits per heavy atom. The highest BCUT2D eigenvalue weighted by atomic mass is 35.5. The van der Waals surface area contributed by atoms with Gasteiger partial charge in [0, 0.05) is 18.3 Å². The zero-order valence-electron chi connectivity index (χ0n) is 15.4. The lowest BCUT2D eigenvalue weighted by atomic mass is 9.92. The molecule has 1 amide bonds. The van der Waals surface area contributed by atoms with Crippen molar-refractivity contribution in [2.45, 2.75) is 25.6 Å². The number of amides is 1. The fourth-order valence-electron chi connectivity index (χ4n) is 3.27. The lowest BCUT2D eigenvalue weighted by Crippen LogP contribution is -2.48. The smallest absolute Gasteiger partial charge is 0.397 e. The van der Waals surface area contributed by atoms with Crippen molar-refractivity contribution in [3.63, 3.8) is 0 Å². The van der Waals surface area contributed by atoms with Crippen molar-refractivity contribution in [1.29, 1.82) is 5.41 Å². The Kier molecular flexibility index (Phi) is 5.66. The van der Waals surface area contributed by atoms with Crippen LogP contribution in [0.2, 0.25) is 5.02 Å². The molecule has 1 aromatic heterocycles. The molecule has 0 radical (unpaired) electrons. The van der Waals surface area contributed by atoms with E-state index in [1.165, 1.54) is 11.0 Å². The van der Waals surface area contributed by atoms with E-state index in [1.807, 2.05) is 0 Å². The Labute approximate surface area is 170 Å². The normalized spacial score (nSPS) is 19.3. The minimum atomic E-state index is -4.67. The molecule has 1 aromatic carbocycles. The number of halogens is 4. The first kappa shape index (κ1) is 20.9. The Bertz CT molecular complexity index is 989. The van der Waals surface area contributed by atoms with Gasteiger partial charge in [-0.2, -0.15) is 13.2 Å². The molecule has 0 bridgehead atoms. The third-order valence-electron chi connectivity index (χ3n) is 4.87. The zero-order chi connectivity index (χ0) is 21.3. The summed E-state index contributed by atoms with van der Waals surface area (Å²) in [6.07, 6.45) is -2.79. The summed E-state index contributed by atoms with van der Waals surface area (Å²) in [6.45, 7) is 1.82. The van der Waals surface area contributed by atoms with Gasteiger partial charge >= 0.3 is 6.18 Å². The molecular weight excluding hydrogens is 405 g/mol. The average molecular weight is 423 g/mol. The molecule has 1 aliphatic rings. The van der Waals surface area contributed by atoms with Crippen LogP contribution in [0.4, 0.5) is 13.2 Å². The minimum Gasteiger partial charge on any atom is -0.397 e. The van der Waals surface area contributed by atoms with Crippen LogP contribution in [-0.4, -0.2) is 34.1 Å². The SMILES string of the molecule is CC1C(=N)/C(=C(\N)c2ccccn2)CCN1C(=O)c1cccc(C(F)(F)F)c1Cl. The summed E-state index contributed by atoms with van der Waals surface area (Å²) in [5.41, 5.74) is 6.43. The van der Waals surface area contributed by atoms with Gasteiger partial charge in [0.05, 0.1) is 39.3 Å². The van der Waals surface area contributed by atoms with Crippen molar-refractivity contribution in [2.75, 3.05) is 6.54 Å². The second kappa shape index (κ2) is 7.87. The zero-order valence-corrected chi connectivity index (χ0v) is 16.2. The molecule has 0 saturated carbocycles. The van der Waals surface area contributed by atoms with Crippen LogP contribution in [0, 0.1) is 5.41 Å². The van der Waals surface area contributed by atoms with Crippen LogP contribution in [0.15, 0.2) is 48.2 Å². The Morgan fingerprint density at radius 1 is 1.28 bits per heavy atom.